The molecule has 2 aromatic rings. The molecule has 1 aliphatic carbocycles. The van der Waals surface area contributed by atoms with E-state index in [4.69, 9.17) is 0 Å². The first kappa shape index (κ1) is 18.4. The van der Waals surface area contributed by atoms with E-state index in [-0.39, 0.29) is 29.3 Å². The van der Waals surface area contributed by atoms with Crippen molar-refractivity contribution >= 4 is 43.6 Å². The van der Waals surface area contributed by atoms with Gasteiger partial charge in [0.2, 0.25) is 5.91 Å². The zero-order valence-corrected chi connectivity index (χ0v) is 15.9. The van der Waals surface area contributed by atoms with Crippen LogP contribution in [0.2, 0.25) is 0 Å². The minimum Gasteiger partial charge on any atom is -0.311 e. The van der Waals surface area contributed by atoms with Gasteiger partial charge in [-0.15, -0.1) is 0 Å². The lowest BCUT2D eigenvalue weighted by molar-refractivity contribution is -0.142. The van der Waals surface area contributed by atoms with Crippen molar-refractivity contribution in [3.05, 3.63) is 38.7 Å². The molecule has 2 aromatic heterocycles. The van der Waals surface area contributed by atoms with Gasteiger partial charge in [-0.25, -0.2) is 4.98 Å². The third kappa shape index (κ3) is 4.41. The van der Waals surface area contributed by atoms with Crippen LogP contribution in [-0.2, 0) is 17.5 Å². The zero-order valence-electron chi connectivity index (χ0n) is 12.8. The third-order valence-electron chi connectivity index (χ3n) is 3.71. The molecule has 1 N–H and O–H groups in total. The molecule has 3 rings (SSSR count). The van der Waals surface area contributed by atoms with Crippen LogP contribution in [0.25, 0.3) is 0 Å². The fraction of sp³-hybridized carbons (Fsp3) is 0.400. The van der Waals surface area contributed by atoms with Gasteiger partial charge in [-0.1, -0.05) is 0 Å². The number of hydrogen-bond donors (Lipinski definition) is 1. The SMILES string of the molecule is O=C(CCn1nc(C(F)(F)F)c(Br)c1C1CC1)Nc1ccc(Br)cn1. The minimum absolute atomic E-state index is 0.00286. The van der Waals surface area contributed by atoms with Crippen LogP contribution >= 0.6 is 31.9 Å². The van der Waals surface area contributed by atoms with E-state index in [1.54, 1.807) is 18.3 Å². The predicted molar refractivity (Wildman–Crippen MR) is 92.1 cm³/mol. The second kappa shape index (κ2) is 7.06. The van der Waals surface area contributed by atoms with Gasteiger partial charge >= 0.3 is 6.18 Å². The molecule has 0 bridgehead atoms. The first-order chi connectivity index (χ1) is 11.8. The first-order valence-corrected chi connectivity index (χ1v) is 9.09. The Kier molecular flexibility index (Phi) is 5.19. The number of hydrogen-bond acceptors (Lipinski definition) is 3. The van der Waals surface area contributed by atoms with Crippen molar-refractivity contribution in [3.8, 4) is 0 Å². The van der Waals surface area contributed by atoms with Crippen LogP contribution in [0.4, 0.5) is 19.0 Å². The summed E-state index contributed by atoms with van der Waals surface area (Å²) < 4.78 is 41.2. The standard InChI is InChI=1S/C15H13Br2F3N4O/c16-9-3-4-10(21-7-9)22-11(25)5-6-24-13(8-1-2-8)12(17)14(23-24)15(18,19)20/h3-4,7-8H,1-2,5-6H2,(H,21,22,25). The van der Waals surface area contributed by atoms with E-state index in [2.05, 4.69) is 47.3 Å². The van der Waals surface area contributed by atoms with Crippen molar-refractivity contribution in [2.75, 3.05) is 5.32 Å². The van der Waals surface area contributed by atoms with Crippen LogP contribution in [0.15, 0.2) is 27.3 Å². The number of aryl methyl sites for hydroxylation is 1. The van der Waals surface area contributed by atoms with E-state index in [1.165, 1.54) is 4.68 Å². The molecule has 2 heterocycles. The fourth-order valence-corrected chi connectivity index (χ4v) is 3.48. The van der Waals surface area contributed by atoms with Crippen LogP contribution in [0.5, 0.6) is 0 Å². The number of nitrogens with zero attached hydrogens (tertiary/aromatic N) is 3. The molecule has 0 saturated heterocycles. The highest BCUT2D eigenvalue weighted by Gasteiger charge is 2.41. The van der Waals surface area contributed by atoms with Crippen molar-refractivity contribution in [2.24, 2.45) is 0 Å². The molecule has 1 aliphatic rings. The smallest absolute Gasteiger partial charge is 0.311 e. The van der Waals surface area contributed by atoms with Crippen molar-refractivity contribution in [1.82, 2.24) is 14.8 Å². The van der Waals surface area contributed by atoms with Gasteiger partial charge in [0.05, 0.1) is 16.7 Å². The maximum atomic E-state index is 13.0. The summed E-state index contributed by atoms with van der Waals surface area (Å²) in [5, 5.41) is 6.29. The molecule has 134 valence electrons. The third-order valence-corrected chi connectivity index (χ3v) is 4.96. The molecule has 1 saturated carbocycles. The summed E-state index contributed by atoms with van der Waals surface area (Å²) in [5.74, 6) is 0.110. The Labute approximate surface area is 158 Å². The van der Waals surface area contributed by atoms with Gasteiger partial charge in [-0.05, 0) is 56.8 Å². The fourth-order valence-electron chi connectivity index (χ4n) is 2.41. The summed E-state index contributed by atoms with van der Waals surface area (Å²) in [6.45, 7) is 0.0723. The minimum atomic E-state index is -4.53. The van der Waals surface area contributed by atoms with E-state index in [0.717, 1.165) is 17.3 Å². The quantitative estimate of drug-likeness (QED) is 0.671. The van der Waals surface area contributed by atoms with Crippen molar-refractivity contribution in [1.29, 1.82) is 0 Å². The molecule has 10 heteroatoms. The predicted octanol–water partition coefficient (Wildman–Crippen LogP) is 4.73. The van der Waals surface area contributed by atoms with Crippen molar-refractivity contribution < 1.29 is 18.0 Å². The number of carbonyl (C=O) groups is 1. The summed E-state index contributed by atoms with van der Waals surface area (Å²) in [4.78, 5) is 16.0. The highest BCUT2D eigenvalue weighted by Crippen LogP contribution is 2.47. The molecule has 0 radical (unpaired) electrons. The Morgan fingerprint density at radius 2 is 2.04 bits per heavy atom. The molecular weight excluding hydrogens is 469 g/mol. The van der Waals surface area contributed by atoms with Gasteiger partial charge in [-0.2, -0.15) is 18.3 Å². The van der Waals surface area contributed by atoms with Gasteiger partial charge in [0, 0.05) is 23.0 Å². The van der Waals surface area contributed by atoms with Crippen LogP contribution in [0, 0.1) is 0 Å². The number of aromatic nitrogens is 3. The molecule has 0 spiro atoms. The zero-order chi connectivity index (χ0) is 18.2. The van der Waals surface area contributed by atoms with E-state index < -0.39 is 11.9 Å². The molecule has 0 aliphatic heterocycles. The lowest BCUT2D eigenvalue weighted by atomic mass is 10.2. The number of nitrogens with one attached hydrogen (secondary N) is 1. The molecule has 1 amide bonds. The average Bonchev–Trinajstić information content (AvgIpc) is 3.30. The second-order valence-electron chi connectivity index (χ2n) is 5.70. The monoisotopic (exact) mass is 480 g/mol. The Bertz CT molecular complexity index is 785. The molecular formula is C15H13Br2F3N4O. The maximum Gasteiger partial charge on any atom is 0.436 e. The van der Waals surface area contributed by atoms with Crippen LogP contribution < -0.4 is 5.32 Å². The number of carbonyl (C=O) groups excluding carboxylic acids is 1. The molecule has 25 heavy (non-hydrogen) atoms. The second-order valence-corrected chi connectivity index (χ2v) is 7.41. The van der Waals surface area contributed by atoms with E-state index in [9.17, 15) is 18.0 Å². The van der Waals surface area contributed by atoms with E-state index in [0.29, 0.717) is 11.5 Å². The van der Waals surface area contributed by atoms with Crippen LogP contribution in [0.3, 0.4) is 0 Å². The number of pyridine rings is 1. The summed E-state index contributed by atoms with van der Waals surface area (Å²) in [7, 11) is 0. The summed E-state index contributed by atoms with van der Waals surface area (Å²) in [6.07, 6.45) is -1.32. The topological polar surface area (TPSA) is 59.8 Å². The number of alkyl halides is 3. The highest BCUT2D eigenvalue weighted by molar-refractivity contribution is 9.10. The average molecular weight is 482 g/mol. The van der Waals surface area contributed by atoms with Crippen molar-refractivity contribution in [3.63, 3.8) is 0 Å². The molecule has 5 nitrogen and oxygen atoms in total. The van der Waals surface area contributed by atoms with Crippen molar-refractivity contribution in [2.45, 2.75) is 37.9 Å². The molecule has 1 fully saturated rings. The Hall–Kier alpha value is -1.42. The summed E-state index contributed by atoms with van der Waals surface area (Å²) in [5.41, 5.74) is -0.425. The van der Waals surface area contributed by atoms with E-state index in [1.807, 2.05) is 0 Å². The highest BCUT2D eigenvalue weighted by atomic mass is 79.9. The maximum absolute atomic E-state index is 13.0. The number of amides is 1. The molecule has 0 atom stereocenters. The summed E-state index contributed by atoms with van der Waals surface area (Å²) in [6, 6.07) is 3.36. The number of anilines is 1. The molecule has 0 aromatic carbocycles. The van der Waals surface area contributed by atoms with Gasteiger partial charge in [0.15, 0.2) is 5.69 Å². The normalized spacial score (nSPS) is 14.6. The van der Waals surface area contributed by atoms with Gasteiger partial charge in [0.25, 0.3) is 0 Å². The van der Waals surface area contributed by atoms with Gasteiger partial charge < -0.3 is 5.32 Å². The van der Waals surface area contributed by atoms with Crippen LogP contribution in [-0.4, -0.2) is 20.7 Å². The van der Waals surface area contributed by atoms with Gasteiger partial charge in [-0.3, -0.25) is 9.48 Å². The molecule has 0 unspecified atom stereocenters. The number of rotatable bonds is 5. The summed E-state index contributed by atoms with van der Waals surface area (Å²) >= 11 is 6.27. The van der Waals surface area contributed by atoms with E-state index >= 15 is 0 Å². The first-order valence-electron chi connectivity index (χ1n) is 7.50. The Morgan fingerprint density at radius 1 is 1.32 bits per heavy atom. The Balaban J connectivity index is 1.70. The lowest BCUT2D eigenvalue weighted by Crippen LogP contribution is -2.17. The van der Waals surface area contributed by atoms with Crippen LogP contribution in [0.1, 0.15) is 36.6 Å². The number of halogens is 5. The Morgan fingerprint density at radius 3 is 2.60 bits per heavy atom. The van der Waals surface area contributed by atoms with Gasteiger partial charge in [0.1, 0.15) is 5.82 Å². The lowest BCUT2D eigenvalue weighted by Gasteiger charge is -2.08. The largest absolute Gasteiger partial charge is 0.436 e.